The van der Waals surface area contributed by atoms with Gasteiger partial charge < -0.3 is 4.42 Å². The van der Waals surface area contributed by atoms with E-state index in [9.17, 15) is 9.59 Å². The lowest BCUT2D eigenvalue weighted by Crippen LogP contribution is -2.09. The van der Waals surface area contributed by atoms with Crippen molar-refractivity contribution in [3.63, 3.8) is 0 Å². The van der Waals surface area contributed by atoms with Crippen molar-refractivity contribution in [2.45, 2.75) is 5.75 Å². The van der Waals surface area contributed by atoms with Crippen LogP contribution in [0.4, 0.5) is 0 Å². The van der Waals surface area contributed by atoms with Crippen molar-refractivity contribution in [2.24, 2.45) is 0 Å². The largest absolute Gasteiger partial charge is 0.452 e. The molecule has 3 nitrogen and oxygen atoms in total. The van der Waals surface area contributed by atoms with Crippen LogP contribution in [-0.2, 0) is 10.5 Å². The van der Waals surface area contributed by atoms with E-state index in [-0.39, 0.29) is 5.76 Å². The van der Waals surface area contributed by atoms with Crippen molar-refractivity contribution in [3.8, 4) is 0 Å². The monoisotopic (exact) mass is 296 g/mol. The van der Waals surface area contributed by atoms with Gasteiger partial charge in [0.1, 0.15) is 5.58 Å². The highest BCUT2D eigenvalue weighted by atomic mass is 32.2. The molecule has 0 saturated heterocycles. The van der Waals surface area contributed by atoms with Crippen molar-refractivity contribution in [1.29, 1.82) is 0 Å². The molecule has 0 amide bonds. The predicted molar refractivity (Wildman–Crippen MR) is 83.3 cm³/mol. The first-order valence-electron chi connectivity index (χ1n) is 6.48. The van der Waals surface area contributed by atoms with E-state index in [0.29, 0.717) is 11.3 Å². The summed E-state index contributed by atoms with van der Waals surface area (Å²) in [6, 6.07) is 18.5. The number of Topliss-reactive ketones (excluding diaryl/α,β-unsaturated/α-hetero) is 1. The molecule has 3 aromatic rings. The molecular weight excluding hydrogens is 284 g/mol. The summed E-state index contributed by atoms with van der Waals surface area (Å²) in [6.07, 6.45) is 0. The third kappa shape index (κ3) is 3.06. The first-order chi connectivity index (χ1) is 10.2. The van der Waals surface area contributed by atoms with E-state index in [1.165, 1.54) is 0 Å². The number of ketones is 1. The predicted octanol–water partition coefficient (Wildman–Crippen LogP) is 4.08. The molecule has 0 aliphatic carbocycles. The molecule has 0 N–H and O–H groups in total. The van der Waals surface area contributed by atoms with Gasteiger partial charge >= 0.3 is 0 Å². The summed E-state index contributed by atoms with van der Waals surface area (Å²) in [7, 11) is 0. The second kappa shape index (κ2) is 5.97. The molecule has 4 heteroatoms. The molecule has 0 aliphatic rings. The summed E-state index contributed by atoms with van der Waals surface area (Å²) in [6.45, 7) is 0. The third-order valence-corrected chi connectivity index (χ3v) is 3.97. The Bertz CT molecular complexity index is 757. The highest BCUT2D eigenvalue weighted by Gasteiger charge is 2.20. The van der Waals surface area contributed by atoms with Gasteiger partial charge in [-0.1, -0.05) is 60.3 Å². The van der Waals surface area contributed by atoms with Crippen LogP contribution in [0.1, 0.15) is 16.1 Å². The lowest BCUT2D eigenvalue weighted by atomic mass is 10.2. The highest BCUT2D eigenvalue weighted by molar-refractivity contribution is 8.14. The van der Waals surface area contributed by atoms with E-state index in [4.69, 9.17) is 4.42 Å². The molecule has 0 atom stereocenters. The van der Waals surface area contributed by atoms with E-state index >= 15 is 0 Å². The van der Waals surface area contributed by atoms with E-state index < -0.39 is 10.9 Å². The summed E-state index contributed by atoms with van der Waals surface area (Å²) in [4.78, 5) is 24.0. The number of carbonyl (C=O) groups excluding carboxylic acids is 2. The Morgan fingerprint density at radius 2 is 1.67 bits per heavy atom. The van der Waals surface area contributed by atoms with E-state index in [2.05, 4.69) is 0 Å². The minimum Gasteiger partial charge on any atom is -0.452 e. The van der Waals surface area contributed by atoms with Crippen LogP contribution in [0.25, 0.3) is 11.0 Å². The zero-order valence-electron chi connectivity index (χ0n) is 11.1. The lowest BCUT2D eigenvalue weighted by molar-refractivity contribution is -0.107. The number of thioether (sulfide) groups is 1. The van der Waals surface area contributed by atoms with Gasteiger partial charge in [-0.15, -0.1) is 0 Å². The van der Waals surface area contributed by atoms with Gasteiger partial charge in [0.05, 0.1) is 0 Å². The molecule has 0 fully saturated rings. The summed E-state index contributed by atoms with van der Waals surface area (Å²) < 4.78 is 5.42. The van der Waals surface area contributed by atoms with E-state index in [1.54, 1.807) is 12.1 Å². The number of hydrogen-bond donors (Lipinski definition) is 0. The second-order valence-corrected chi connectivity index (χ2v) is 5.49. The van der Waals surface area contributed by atoms with Crippen LogP contribution < -0.4 is 0 Å². The van der Waals surface area contributed by atoms with Crippen molar-refractivity contribution in [1.82, 2.24) is 0 Å². The van der Waals surface area contributed by atoms with Crippen LogP contribution in [0, 0.1) is 0 Å². The van der Waals surface area contributed by atoms with Crippen LogP contribution in [0.3, 0.4) is 0 Å². The number of furan rings is 1. The highest BCUT2D eigenvalue weighted by Crippen LogP contribution is 2.22. The number of carbonyl (C=O) groups is 2. The Kier molecular flexibility index (Phi) is 3.88. The molecule has 0 bridgehead atoms. The maximum absolute atomic E-state index is 12.1. The first kappa shape index (κ1) is 13.6. The average molecular weight is 296 g/mol. The number of fused-ring (bicyclic) bond motifs is 1. The normalized spacial score (nSPS) is 10.7. The number of hydrogen-bond acceptors (Lipinski definition) is 4. The SMILES string of the molecule is O=C(SCc1ccccc1)C(=O)c1cc2ccccc2o1. The average Bonchev–Trinajstić information content (AvgIpc) is 2.97. The molecule has 2 aromatic carbocycles. The molecule has 0 radical (unpaired) electrons. The molecule has 104 valence electrons. The van der Waals surface area contributed by atoms with Crippen molar-refractivity contribution in [3.05, 3.63) is 72.0 Å². The van der Waals surface area contributed by atoms with Gasteiger partial charge in [0.15, 0.2) is 5.76 Å². The topological polar surface area (TPSA) is 47.3 Å². The second-order valence-electron chi connectivity index (χ2n) is 4.54. The summed E-state index contributed by atoms with van der Waals surface area (Å²) in [5, 5.41) is 0.319. The fraction of sp³-hybridized carbons (Fsp3) is 0.0588. The van der Waals surface area contributed by atoms with Gasteiger partial charge in [-0.05, 0) is 17.7 Å². The zero-order chi connectivity index (χ0) is 14.7. The molecule has 1 aromatic heterocycles. The fourth-order valence-corrected chi connectivity index (χ4v) is 2.70. The van der Waals surface area contributed by atoms with Crippen LogP contribution in [-0.4, -0.2) is 10.9 Å². The van der Waals surface area contributed by atoms with Gasteiger partial charge in [0, 0.05) is 11.1 Å². The molecule has 0 spiro atoms. The van der Waals surface area contributed by atoms with Crippen LogP contribution >= 0.6 is 11.8 Å². The minimum atomic E-state index is -0.591. The number of rotatable bonds is 4. The zero-order valence-corrected chi connectivity index (χ0v) is 11.9. The van der Waals surface area contributed by atoms with Crippen LogP contribution in [0.15, 0.2) is 65.1 Å². The van der Waals surface area contributed by atoms with Crippen molar-refractivity contribution >= 4 is 33.6 Å². The molecule has 0 unspecified atom stereocenters. The Balaban J connectivity index is 1.71. The standard InChI is InChI=1S/C17H12O3S/c18-16(15-10-13-8-4-5-9-14(13)20-15)17(19)21-11-12-6-2-1-3-7-12/h1-10H,11H2. The van der Waals surface area contributed by atoms with Gasteiger partial charge in [-0.3, -0.25) is 9.59 Å². The maximum atomic E-state index is 12.1. The molecule has 0 aliphatic heterocycles. The van der Waals surface area contributed by atoms with E-state index in [0.717, 1.165) is 22.7 Å². The Hall–Kier alpha value is -2.33. The summed E-state index contributed by atoms with van der Waals surface area (Å²) >= 11 is 0.994. The molecule has 0 saturated carbocycles. The summed E-state index contributed by atoms with van der Waals surface area (Å²) in [5.41, 5.74) is 1.62. The first-order valence-corrected chi connectivity index (χ1v) is 7.46. The third-order valence-electron chi connectivity index (χ3n) is 3.05. The van der Waals surface area contributed by atoms with Gasteiger partial charge in [-0.25, -0.2) is 0 Å². The minimum absolute atomic E-state index is 0.0989. The maximum Gasteiger partial charge on any atom is 0.274 e. The Morgan fingerprint density at radius 3 is 2.43 bits per heavy atom. The molecule has 21 heavy (non-hydrogen) atoms. The molecule has 3 rings (SSSR count). The fourth-order valence-electron chi connectivity index (χ4n) is 1.98. The van der Waals surface area contributed by atoms with Crippen molar-refractivity contribution in [2.75, 3.05) is 0 Å². The van der Waals surface area contributed by atoms with Crippen LogP contribution in [0.5, 0.6) is 0 Å². The summed E-state index contributed by atoms with van der Waals surface area (Å²) in [5.74, 6) is -0.0139. The molecular formula is C17H12O3S. The van der Waals surface area contributed by atoms with Gasteiger partial charge in [-0.2, -0.15) is 0 Å². The van der Waals surface area contributed by atoms with E-state index in [1.807, 2.05) is 48.5 Å². The lowest BCUT2D eigenvalue weighted by Gasteiger charge is -1.99. The number of benzene rings is 2. The van der Waals surface area contributed by atoms with Crippen molar-refractivity contribution < 1.29 is 14.0 Å². The Labute approximate surface area is 126 Å². The number of para-hydroxylation sites is 1. The van der Waals surface area contributed by atoms with Gasteiger partial charge in [0.25, 0.3) is 10.9 Å². The van der Waals surface area contributed by atoms with Gasteiger partial charge in [0.2, 0.25) is 0 Å². The smallest absolute Gasteiger partial charge is 0.274 e. The Morgan fingerprint density at radius 1 is 0.952 bits per heavy atom. The quantitative estimate of drug-likeness (QED) is 0.538. The molecule has 1 heterocycles. The van der Waals surface area contributed by atoms with Crippen LogP contribution in [0.2, 0.25) is 0 Å².